The number of nitrogens with zero attached hydrogens (tertiary/aromatic N) is 6. The minimum atomic E-state index is -0.290. The predicted molar refractivity (Wildman–Crippen MR) is 184 cm³/mol. The standard InChI is InChI=1S/C34H46N8O7/c1-23(2)42-31-19-27(18-28(30(31)21-38-42)33(44)36-20-29-24(3)17-25(4)39-34(29)45)26-5-8-41(9-6-26)32(43)22-49-16-15-48-14-13-47-12-11-46-10-7-37-40-35/h5,17-19,21,23H,6-16,20,22H2,1-4H3,(H,36,44)(H,39,45). The third-order valence-electron chi connectivity index (χ3n) is 8.04. The molecule has 2 N–H and O–H groups in total. The van der Waals surface area contributed by atoms with E-state index in [4.69, 9.17) is 24.5 Å². The second-order valence-electron chi connectivity index (χ2n) is 11.9. The van der Waals surface area contributed by atoms with Crippen molar-refractivity contribution in [2.24, 2.45) is 5.11 Å². The lowest BCUT2D eigenvalue weighted by Gasteiger charge is -2.27. The molecule has 15 heteroatoms. The number of hydrogen-bond acceptors (Lipinski definition) is 9. The average Bonchev–Trinajstić information content (AvgIpc) is 3.52. The molecule has 0 spiro atoms. The van der Waals surface area contributed by atoms with Crippen molar-refractivity contribution in [3.8, 4) is 0 Å². The molecule has 0 radical (unpaired) electrons. The molecule has 3 aromatic rings. The van der Waals surface area contributed by atoms with Gasteiger partial charge in [-0.05, 0) is 74.5 Å². The van der Waals surface area contributed by atoms with Crippen LogP contribution in [0, 0.1) is 13.8 Å². The number of aryl methyl sites for hydroxylation is 2. The van der Waals surface area contributed by atoms with Crippen LogP contribution < -0.4 is 10.9 Å². The first-order chi connectivity index (χ1) is 23.7. The predicted octanol–water partition coefficient (Wildman–Crippen LogP) is 3.84. The summed E-state index contributed by atoms with van der Waals surface area (Å²) in [7, 11) is 0. The van der Waals surface area contributed by atoms with Crippen LogP contribution in [0.5, 0.6) is 0 Å². The number of azide groups is 1. The van der Waals surface area contributed by atoms with Crippen molar-refractivity contribution in [3.05, 3.63) is 79.2 Å². The van der Waals surface area contributed by atoms with Gasteiger partial charge in [-0.1, -0.05) is 11.2 Å². The summed E-state index contributed by atoms with van der Waals surface area (Å²) < 4.78 is 23.6. The summed E-state index contributed by atoms with van der Waals surface area (Å²) in [5.74, 6) is -0.393. The molecule has 49 heavy (non-hydrogen) atoms. The highest BCUT2D eigenvalue weighted by Crippen LogP contribution is 2.30. The molecule has 4 rings (SSSR count). The van der Waals surface area contributed by atoms with Gasteiger partial charge in [0.25, 0.3) is 11.5 Å². The number of hydrogen-bond donors (Lipinski definition) is 2. The maximum absolute atomic E-state index is 13.6. The average molecular weight is 679 g/mol. The van der Waals surface area contributed by atoms with Gasteiger partial charge in [0.15, 0.2) is 0 Å². The Morgan fingerprint density at radius 1 is 1.04 bits per heavy atom. The number of ether oxygens (including phenoxy) is 4. The van der Waals surface area contributed by atoms with E-state index in [9.17, 15) is 14.4 Å². The van der Waals surface area contributed by atoms with Crippen LogP contribution in [0.4, 0.5) is 0 Å². The maximum Gasteiger partial charge on any atom is 0.253 e. The van der Waals surface area contributed by atoms with E-state index in [1.54, 1.807) is 11.1 Å². The van der Waals surface area contributed by atoms with E-state index in [0.29, 0.717) is 76.8 Å². The van der Waals surface area contributed by atoms with Crippen molar-refractivity contribution in [1.29, 1.82) is 0 Å². The van der Waals surface area contributed by atoms with E-state index in [0.717, 1.165) is 33.3 Å². The molecule has 1 aliphatic rings. The zero-order chi connectivity index (χ0) is 35.2. The molecule has 0 saturated carbocycles. The Labute approximate surface area is 285 Å². The molecule has 2 amide bonds. The number of fused-ring (bicyclic) bond motifs is 1. The number of H-pyrrole nitrogens is 1. The third-order valence-corrected chi connectivity index (χ3v) is 8.04. The van der Waals surface area contributed by atoms with Crippen LogP contribution in [0.3, 0.4) is 0 Å². The number of carbonyl (C=O) groups is 2. The van der Waals surface area contributed by atoms with E-state index in [2.05, 4.69) is 25.4 Å². The van der Waals surface area contributed by atoms with Crippen LogP contribution in [-0.4, -0.2) is 104 Å². The second kappa shape index (κ2) is 18.9. The number of benzene rings is 1. The Kier molecular flexibility index (Phi) is 14.4. The smallest absolute Gasteiger partial charge is 0.253 e. The molecule has 1 aliphatic heterocycles. The van der Waals surface area contributed by atoms with Gasteiger partial charge in [0.2, 0.25) is 5.91 Å². The van der Waals surface area contributed by atoms with Crippen LogP contribution in [0.1, 0.15) is 59.1 Å². The molecule has 2 aromatic heterocycles. The summed E-state index contributed by atoms with van der Waals surface area (Å²) in [4.78, 5) is 46.1. The first-order valence-electron chi connectivity index (χ1n) is 16.5. The van der Waals surface area contributed by atoms with Crippen LogP contribution in [0.15, 0.2) is 40.4 Å². The molecule has 0 fully saturated rings. The molecule has 0 unspecified atom stereocenters. The quantitative estimate of drug-likeness (QED) is 0.0829. The maximum atomic E-state index is 13.6. The highest BCUT2D eigenvalue weighted by molar-refractivity contribution is 6.07. The van der Waals surface area contributed by atoms with E-state index in [1.165, 1.54) is 0 Å². The molecular formula is C34H46N8O7. The Morgan fingerprint density at radius 2 is 1.73 bits per heavy atom. The van der Waals surface area contributed by atoms with Crippen LogP contribution in [0.25, 0.3) is 26.9 Å². The Hall–Kier alpha value is -4.53. The molecular weight excluding hydrogens is 632 g/mol. The summed E-state index contributed by atoms with van der Waals surface area (Å²) in [6, 6.07) is 5.89. The van der Waals surface area contributed by atoms with Crippen LogP contribution in [0.2, 0.25) is 0 Å². The number of rotatable bonds is 19. The monoisotopic (exact) mass is 678 g/mol. The lowest BCUT2D eigenvalue weighted by molar-refractivity contribution is -0.136. The van der Waals surface area contributed by atoms with Gasteiger partial charge in [-0.25, -0.2) is 0 Å². The lowest BCUT2D eigenvalue weighted by Crippen LogP contribution is -2.37. The van der Waals surface area contributed by atoms with Gasteiger partial charge >= 0.3 is 0 Å². The molecule has 0 bridgehead atoms. The number of aromatic nitrogens is 3. The van der Waals surface area contributed by atoms with Gasteiger partial charge in [-0.3, -0.25) is 19.1 Å². The minimum absolute atomic E-state index is 0.0383. The van der Waals surface area contributed by atoms with Gasteiger partial charge in [0.1, 0.15) is 6.61 Å². The Morgan fingerprint density at radius 3 is 2.37 bits per heavy atom. The molecule has 0 atom stereocenters. The number of pyridine rings is 1. The summed E-state index contributed by atoms with van der Waals surface area (Å²) in [5.41, 5.74) is 13.4. The third kappa shape index (κ3) is 10.7. The summed E-state index contributed by atoms with van der Waals surface area (Å²) in [5, 5.41) is 11.6. The van der Waals surface area contributed by atoms with Crippen molar-refractivity contribution in [1.82, 2.24) is 25.0 Å². The lowest BCUT2D eigenvalue weighted by atomic mass is 9.95. The number of aromatic amines is 1. The van der Waals surface area contributed by atoms with Gasteiger partial charge in [0.05, 0.1) is 63.5 Å². The van der Waals surface area contributed by atoms with Crippen LogP contribution in [-0.2, 0) is 30.3 Å². The fourth-order valence-corrected chi connectivity index (χ4v) is 5.51. The van der Waals surface area contributed by atoms with Crippen molar-refractivity contribution in [2.45, 2.75) is 46.7 Å². The largest absolute Gasteiger partial charge is 0.379 e. The molecule has 3 heterocycles. The fraction of sp³-hybridized carbons (Fsp3) is 0.529. The van der Waals surface area contributed by atoms with Gasteiger partial charge < -0.3 is 34.1 Å². The Balaban J connectivity index is 1.27. The highest BCUT2D eigenvalue weighted by atomic mass is 16.6. The molecule has 0 saturated heterocycles. The number of amides is 2. The topological polar surface area (TPSA) is 186 Å². The highest BCUT2D eigenvalue weighted by Gasteiger charge is 2.22. The van der Waals surface area contributed by atoms with Crippen molar-refractivity contribution >= 4 is 28.3 Å². The van der Waals surface area contributed by atoms with E-state index in [1.807, 2.05) is 56.7 Å². The SMILES string of the molecule is Cc1cc(C)c(CNC(=O)c2cc(C3=CCN(C(=O)COCCOCCOCCOCCN=[N+]=[N-])CC3)cc3c2cnn3C(C)C)c(=O)[nH]1. The van der Waals surface area contributed by atoms with E-state index in [-0.39, 0.29) is 43.2 Å². The summed E-state index contributed by atoms with van der Waals surface area (Å²) in [6.07, 6.45) is 4.35. The molecule has 15 nitrogen and oxygen atoms in total. The van der Waals surface area contributed by atoms with Crippen LogP contribution >= 0.6 is 0 Å². The van der Waals surface area contributed by atoms with Crippen molar-refractivity contribution in [3.63, 3.8) is 0 Å². The summed E-state index contributed by atoms with van der Waals surface area (Å²) >= 11 is 0. The van der Waals surface area contributed by atoms with Gasteiger partial charge in [-0.15, -0.1) is 0 Å². The van der Waals surface area contributed by atoms with Gasteiger partial charge in [0, 0.05) is 53.8 Å². The normalized spacial score (nSPS) is 13.1. The second-order valence-corrected chi connectivity index (χ2v) is 11.9. The first kappa shape index (κ1) is 37.3. The number of carbonyl (C=O) groups excluding carboxylic acids is 2. The van der Waals surface area contributed by atoms with E-state index < -0.39 is 0 Å². The zero-order valence-electron chi connectivity index (χ0n) is 28.7. The fourth-order valence-electron chi connectivity index (χ4n) is 5.51. The van der Waals surface area contributed by atoms with Gasteiger partial charge in [-0.2, -0.15) is 5.10 Å². The first-order valence-corrected chi connectivity index (χ1v) is 16.5. The zero-order valence-corrected chi connectivity index (χ0v) is 28.7. The van der Waals surface area contributed by atoms with Crippen molar-refractivity contribution < 1.29 is 28.5 Å². The minimum Gasteiger partial charge on any atom is -0.379 e. The summed E-state index contributed by atoms with van der Waals surface area (Å²) in [6.45, 7) is 11.7. The Bertz CT molecular complexity index is 1720. The molecule has 264 valence electrons. The van der Waals surface area contributed by atoms with Crippen molar-refractivity contribution in [2.75, 3.05) is 72.5 Å². The van der Waals surface area contributed by atoms with E-state index >= 15 is 0 Å². The number of nitrogens with one attached hydrogen (secondary N) is 2. The molecule has 1 aromatic carbocycles. The molecule has 0 aliphatic carbocycles.